The lowest BCUT2D eigenvalue weighted by Gasteiger charge is -2.28. The summed E-state index contributed by atoms with van der Waals surface area (Å²) in [7, 11) is 1.16. The smallest absolute Gasteiger partial charge is 0.306 e. The third-order valence-corrected chi connectivity index (χ3v) is 8.50. The molecule has 0 aromatic rings. The zero-order valence-electron chi connectivity index (χ0n) is 29.6. The molecule has 0 aromatic carbocycles. The first kappa shape index (κ1) is 43.8. The largest absolute Gasteiger partial charge is 0.756 e. The van der Waals surface area contributed by atoms with Crippen molar-refractivity contribution in [1.82, 2.24) is 0 Å². The summed E-state index contributed by atoms with van der Waals surface area (Å²) in [5.41, 5.74) is 0. The van der Waals surface area contributed by atoms with Gasteiger partial charge in [0.05, 0.1) is 27.7 Å². The first-order valence-electron chi connectivity index (χ1n) is 17.9. The summed E-state index contributed by atoms with van der Waals surface area (Å²) in [6.07, 6.45) is 26.4. The minimum atomic E-state index is -4.59. The number of carbonyl (C=O) groups excluding carboxylic acids is 2. The number of ether oxygens (including phenoxy) is 2. The quantitative estimate of drug-likeness (QED) is 0.0232. The molecule has 0 radical (unpaired) electrons. The number of hydrogen-bond donors (Lipinski definition) is 0. The van der Waals surface area contributed by atoms with Crippen molar-refractivity contribution in [2.75, 3.05) is 47.5 Å². The standard InChI is InChI=1S/C35H68NO8P/c1-6-8-10-11-12-13-14-15-16-17-18-19-20-21-22-23-24-25-26-28-35(38)44-33(31-41-34(37)27-9-7-2)32-43-45(39,40)42-30-29-36(3,4)5/h15-16,33H,6-14,17-32H2,1-5H3/b16-15-. The molecule has 0 saturated heterocycles. The van der Waals surface area contributed by atoms with Gasteiger partial charge in [-0.2, -0.15) is 0 Å². The van der Waals surface area contributed by atoms with Crippen molar-refractivity contribution in [3.63, 3.8) is 0 Å². The zero-order valence-corrected chi connectivity index (χ0v) is 30.5. The molecule has 0 heterocycles. The lowest BCUT2D eigenvalue weighted by atomic mass is 10.1. The van der Waals surface area contributed by atoms with Gasteiger partial charge in [-0.1, -0.05) is 109 Å². The Morgan fingerprint density at radius 1 is 0.667 bits per heavy atom. The molecule has 2 unspecified atom stereocenters. The number of phosphoric acid groups is 1. The molecule has 0 bridgehead atoms. The van der Waals surface area contributed by atoms with Crippen LogP contribution in [-0.4, -0.2) is 70.0 Å². The van der Waals surface area contributed by atoms with Crippen molar-refractivity contribution < 1.29 is 42.1 Å². The molecule has 0 aliphatic rings. The summed E-state index contributed by atoms with van der Waals surface area (Å²) in [6, 6.07) is 0. The van der Waals surface area contributed by atoms with Gasteiger partial charge in [-0.15, -0.1) is 0 Å². The van der Waals surface area contributed by atoms with Crippen LogP contribution in [0.2, 0.25) is 0 Å². The molecule has 0 aromatic heterocycles. The van der Waals surface area contributed by atoms with Gasteiger partial charge in [0.25, 0.3) is 7.82 Å². The van der Waals surface area contributed by atoms with E-state index in [-0.39, 0.29) is 26.1 Å². The van der Waals surface area contributed by atoms with Crippen LogP contribution in [0.4, 0.5) is 0 Å². The molecular weight excluding hydrogens is 593 g/mol. The number of carbonyl (C=O) groups is 2. The average molecular weight is 662 g/mol. The highest BCUT2D eigenvalue weighted by Crippen LogP contribution is 2.38. The van der Waals surface area contributed by atoms with E-state index in [0.29, 0.717) is 23.9 Å². The van der Waals surface area contributed by atoms with E-state index < -0.39 is 32.5 Å². The minimum absolute atomic E-state index is 0.0300. The molecule has 0 aliphatic carbocycles. The number of likely N-dealkylation sites (N-methyl/N-ethyl adjacent to an activating group) is 1. The molecule has 0 rings (SSSR count). The Morgan fingerprint density at radius 3 is 1.69 bits per heavy atom. The Kier molecular flexibility index (Phi) is 28.1. The van der Waals surface area contributed by atoms with Crippen LogP contribution in [0, 0.1) is 0 Å². The van der Waals surface area contributed by atoms with Crippen LogP contribution in [0.25, 0.3) is 0 Å². The van der Waals surface area contributed by atoms with E-state index in [2.05, 4.69) is 19.1 Å². The maximum Gasteiger partial charge on any atom is 0.306 e. The van der Waals surface area contributed by atoms with Gasteiger partial charge >= 0.3 is 11.9 Å². The second kappa shape index (κ2) is 28.9. The van der Waals surface area contributed by atoms with Crippen LogP contribution in [0.15, 0.2) is 12.2 Å². The monoisotopic (exact) mass is 661 g/mol. The average Bonchev–Trinajstić information content (AvgIpc) is 2.97. The lowest BCUT2D eigenvalue weighted by molar-refractivity contribution is -0.870. The number of phosphoric ester groups is 1. The van der Waals surface area contributed by atoms with Gasteiger partial charge < -0.3 is 27.9 Å². The Bertz CT molecular complexity index is 799. The van der Waals surface area contributed by atoms with Gasteiger partial charge in [0.15, 0.2) is 6.10 Å². The molecule has 0 spiro atoms. The molecule has 0 amide bonds. The molecule has 266 valence electrons. The van der Waals surface area contributed by atoms with E-state index in [1.165, 1.54) is 83.5 Å². The molecule has 0 N–H and O–H groups in total. The highest BCUT2D eigenvalue weighted by Gasteiger charge is 2.21. The predicted molar refractivity (Wildman–Crippen MR) is 181 cm³/mol. The van der Waals surface area contributed by atoms with Gasteiger partial charge in [0, 0.05) is 12.8 Å². The number of quaternary nitrogens is 1. The second-order valence-corrected chi connectivity index (χ2v) is 14.6. The van der Waals surface area contributed by atoms with Crippen LogP contribution in [0.5, 0.6) is 0 Å². The highest BCUT2D eigenvalue weighted by atomic mass is 31.2. The summed E-state index contributed by atoms with van der Waals surface area (Å²) in [4.78, 5) is 36.6. The van der Waals surface area contributed by atoms with E-state index in [9.17, 15) is 19.0 Å². The fourth-order valence-electron chi connectivity index (χ4n) is 4.63. The summed E-state index contributed by atoms with van der Waals surface area (Å²) < 4.78 is 33.2. The SMILES string of the molecule is CCCCCCCC/C=C\CCCCCCCCCCCC(=O)OC(COC(=O)CCCC)COP(=O)([O-])OCC[N+](C)(C)C. The van der Waals surface area contributed by atoms with Crippen molar-refractivity contribution in [2.45, 2.75) is 155 Å². The molecule has 2 atom stereocenters. The Balaban J connectivity index is 4.10. The maximum atomic E-state index is 12.5. The van der Waals surface area contributed by atoms with Crippen molar-refractivity contribution >= 4 is 19.8 Å². The third kappa shape index (κ3) is 32.5. The van der Waals surface area contributed by atoms with Crippen molar-refractivity contribution in [3.05, 3.63) is 12.2 Å². The maximum absolute atomic E-state index is 12.5. The third-order valence-electron chi connectivity index (χ3n) is 7.54. The lowest BCUT2D eigenvalue weighted by Crippen LogP contribution is -2.37. The van der Waals surface area contributed by atoms with E-state index in [1.807, 2.05) is 28.1 Å². The van der Waals surface area contributed by atoms with E-state index in [1.54, 1.807) is 0 Å². The number of hydrogen-bond acceptors (Lipinski definition) is 8. The number of nitrogens with zero attached hydrogens (tertiary/aromatic N) is 1. The van der Waals surface area contributed by atoms with E-state index >= 15 is 0 Å². The normalized spacial score (nSPS) is 14.0. The molecular formula is C35H68NO8P. The zero-order chi connectivity index (χ0) is 33.7. The fourth-order valence-corrected chi connectivity index (χ4v) is 5.35. The van der Waals surface area contributed by atoms with Crippen molar-refractivity contribution in [1.29, 1.82) is 0 Å². The second-order valence-electron chi connectivity index (χ2n) is 13.2. The number of unbranched alkanes of at least 4 members (excludes halogenated alkanes) is 16. The fraction of sp³-hybridized carbons (Fsp3) is 0.886. The first-order chi connectivity index (χ1) is 21.5. The number of esters is 2. The Labute approximate surface area is 276 Å². The van der Waals surface area contributed by atoms with Crippen LogP contribution in [-0.2, 0) is 32.7 Å². The molecule has 0 fully saturated rings. The minimum Gasteiger partial charge on any atom is -0.756 e. The van der Waals surface area contributed by atoms with Crippen LogP contribution >= 0.6 is 7.82 Å². The van der Waals surface area contributed by atoms with Crippen molar-refractivity contribution in [3.8, 4) is 0 Å². The topological polar surface area (TPSA) is 111 Å². The molecule has 0 aliphatic heterocycles. The van der Waals surface area contributed by atoms with Gasteiger partial charge in [0.1, 0.15) is 19.8 Å². The van der Waals surface area contributed by atoms with Crippen molar-refractivity contribution in [2.24, 2.45) is 0 Å². The summed E-state index contributed by atoms with van der Waals surface area (Å²) in [5.74, 6) is -0.876. The van der Waals surface area contributed by atoms with Gasteiger partial charge in [-0.25, -0.2) is 0 Å². The Morgan fingerprint density at radius 2 is 1.16 bits per heavy atom. The van der Waals surface area contributed by atoms with Crippen LogP contribution in [0.1, 0.15) is 149 Å². The molecule has 0 saturated carbocycles. The van der Waals surface area contributed by atoms with Gasteiger partial charge in [-0.05, 0) is 38.5 Å². The van der Waals surface area contributed by atoms with E-state index in [4.69, 9.17) is 18.5 Å². The first-order valence-corrected chi connectivity index (χ1v) is 19.4. The Hall–Kier alpha value is -1.25. The van der Waals surface area contributed by atoms with E-state index in [0.717, 1.165) is 25.7 Å². The highest BCUT2D eigenvalue weighted by molar-refractivity contribution is 7.45. The van der Waals surface area contributed by atoms with Gasteiger partial charge in [-0.3, -0.25) is 14.2 Å². The molecule has 10 heteroatoms. The summed E-state index contributed by atoms with van der Waals surface area (Å²) in [5, 5.41) is 0. The number of rotatable bonds is 32. The summed E-state index contributed by atoms with van der Waals surface area (Å²) >= 11 is 0. The van der Waals surface area contributed by atoms with Crippen LogP contribution < -0.4 is 4.89 Å². The summed E-state index contributed by atoms with van der Waals surface area (Å²) in [6.45, 7) is 3.94. The van der Waals surface area contributed by atoms with Crippen LogP contribution in [0.3, 0.4) is 0 Å². The molecule has 45 heavy (non-hydrogen) atoms. The number of allylic oxidation sites excluding steroid dienone is 2. The van der Waals surface area contributed by atoms with Gasteiger partial charge in [0.2, 0.25) is 0 Å². The predicted octanol–water partition coefficient (Wildman–Crippen LogP) is 8.44. The molecule has 9 nitrogen and oxygen atoms in total.